The first-order chi connectivity index (χ1) is 9.06. The minimum atomic E-state index is 0.664. The van der Waals surface area contributed by atoms with Crippen LogP contribution < -0.4 is 5.32 Å². The second kappa shape index (κ2) is 6.02. The molecule has 2 rings (SSSR count). The number of aromatic nitrogens is 4. The minimum Gasteiger partial charge on any atom is -0.329 e. The zero-order valence-corrected chi connectivity index (χ0v) is 12.2. The first kappa shape index (κ1) is 13.8. The highest BCUT2D eigenvalue weighted by Gasteiger charge is 2.07. The van der Waals surface area contributed by atoms with Gasteiger partial charge in [0.1, 0.15) is 0 Å². The van der Waals surface area contributed by atoms with Crippen LogP contribution in [0.15, 0.2) is 18.7 Å². The van der Waals surface area contributed by atoms with E-state index < -0.39 is 0 Å². The van der Waals surface area contributed by atoms with Gasteiger partial charge in [0.2, 0.25) is 0 Å². The van der Waals surface area contributed by atoms with Crippen LogP contribution in [0.2, 0.25) is 0 Å². The van der Waals surface area contributed by atoms with Crippen molar-refractivity contribution in [3.8, 4) is 0 Å². The molecule has 2 aromatic rings. The first-order valence-corrected chi connectivity index (χ1v) is 6.75. The average Bonchev–Trinajstić information content (AvgIpc) is 2.87. The van der Waals surface area contributed by atoms with Gasteiger partial charge < -0.3 is 9.88 Å². The highest BCUT2D eigenvalue weighted by molar-refractivity contribution is 5.17. The van der Waals surface area contributed by atoms with Gasteiger partial charge in [-0.2, -0.15) is 5.10 Å². The molecule has 5 nitrogen and oxygen atoms in total. The zero-order valence-electron chi connectivity index (χ0n) is 12.2. The van der Waals surface area contributed by atoms with Gasteiger partial charge >= 0.3 is 0 Å². The Morgan fingerprint density at radius 1 is 1.37 bits per heavy atom. The second-order valence-electron chi connectivity index (χ2n) is 5.45. The summed E-state index contributed by atoms with van der Waals surface area (Å²) < 4.78 is 4.04. The fourth-order valence-electron chi connectivity index (χ4n) is 2.11. The highest BCUT2D eigenvalue weighted by atomic mass is 15.3. The Kier molecular flexibility index (Phi) is 4.37. The summed E-state index contributed by atoms with van der Waals surface area (Å²) in [6.07, 6.45) is 5.89. The molecule has 19 heavy (non-hydrogen) atoms. The molecule has 0 unspecified atom stereocenters. The average molecular weight is 261 g/mol. The third kappa shape index (κ3) is 3.67. The molecule has 0 radical (unpaired) electrons. The molecule has 0 amide bonds. The third-order valence-electron chi connectivity index (χ3n) is 3.11. The lowest BCUT2D eigenvalue weighted by atomic mass is 10.2. The van der Waals surface area contributed by atoms with E-state index in [1.54, 1.807) is 0 Å². The summed E-state index contributed by atoms with van der Waals surface area (Å²) >= 11 is 0. The van der Waals surface area contributed by atoms with Crippen molar-refractivity contribution in [1.82, 2.24) is 24.6 Å². The van der Waals surface area contributed by atoms with Gasteiger partial charge in [-0.1, -0.05) is 13.8 Å². The van der Waals surface area contributed by atoms with Crippen LogP contribution in [0.3, 0.4) is 0 Å². The number of imidazole rings is 1. The largest absolute Gasteiger partial charge is 0.329 e. The van der Waals surface area contributed by atoms with E-state index in [-0.39, 0.29) is 0 Å². The molecule has 0 spiro atoms. The van der Waals surface area contributed by atoms with E-state index in [0.717, 1.165) is 25.3 Å². The Labute approximate surface area is 114 Å². The fraction of sp³-hybridized carbons (Fsp3) is 0.571. The molecule has 104 valence electrons. The Balaban J connectivity index is 2.01. The van der Waals surface area contributed by atoms with Crippen LogP contribution in [0.25, 0.3) is 0 Å². The fourth-order valence-corrected chi connectivity index (χ4v) is 2.11. The summed E-state index contributed by atoms with van der Waals surface area (Å²) in [5.74, 6) is 0.664. The van der Waals surface area contributed by atoms with Crippen LogP contribution >= 0.6 is 0 Å². The maximum Gasteiger partial charge on any atom is 0.0951 e. The van der Waals surface area contributed by atoms with E-state index in [1.165, 1.54) is 11.3 Å². The molecule has 0 saturated carbocycles. The lowest BCUT2D eigenvalue weighted by Crippen LogP contribution is -2.21. The summed E-state index contributed by atoms with van der Waals surface area (Å²) in [7, 11) is 1.95. The molecule has 0 aliphatic carbocycles. The van der Waals surface area contributed by atoms with Crippen molar-refractivity contribution in [2.45, 2.75) is 33.9 Å². The van der Waals surface area contributed by atoms with E-state index >= 15 is 0 Å². The number of rotatable bonds is 6. The number of hydrogen-bond donors (Lipinski definition) is 1. The van der Waals surface area contributed by atoms with Gasteiger partial charge in [-0.15, -0.1) is 0 Å². The van der Waals surface area contributed by atoms with Gasteiger partial charge in [0.05, 0.1) is 24.3 Å². The standard InChI is InChI=1S/C14H23N5/c1-11(2)5-15-6-14-7-16-10-19(14)9-13-8-18(4)17-12(13)3/h7-8,10-11,15H,5-6,9H2,1-4H3. The summed E-state index contributed by atoms with van der Waals surface area (Å²) in [5, 5.41) is 7.83. The van der Waals surface area contributed by atoms with Gasteiger partial charge in [0.25, 0.3) is 0 Å². The van der Waals surface area contributed by atoms with Crippen LogP contribution in [0, 0.1) is 12.8 Å². The molecule has 0 atom stereocenters. The Morgan fingerprint density at radius 3 is 2.79 bits per heavy atom. The van der Waals surface area contributed by atoms with E-state index in [9.17, 15) is 0 Å². The van der Waals surface area contributed by atoms with Crippen molar-refractivity contribution in [3.05, 3.63) is 35.7 Å². The van der Waals surface area contributed by atoms with Gasteiger partial charge in [-0.3, -0.25) is 4.68 Å². The maximum absolute atomic E-state index is 4.37. The van der Waals surface area contributed by atoms with Crippen molar-refractivity contribution in [2.24, 2.45) is 13.0 Å². The maximum atomic E-state index is 4.37. The van der Waals surface area contributed by atoms with Crippen LogP contribution in [0.4, 0.5) is 0 Å². The van der Waals surface area contributed by atoms with Crippen molar-refractivity contribution in [1.29, 1.82) is 0 Å². The van der Waals surface area contributed by atoms with Crippen LogP contribution in [0.1, 0.15) is 30.8 Å². The quantitative estimate of drug-likeness (QED) is 0.861. The molecule has 0 aromatic carbocycles. The van der Waals surface area contributed by atoms with Crippen molar-refractivity contribution in [2.75, 3.05) is 6.54 Å². The predicted molar refractivity (Wildman–Crippen MR) is 75.8 cm³/mol. The lowest BCUT2D eigenvalue weighted by molar-refractivity contribution is 0.539. The Hall–Kier alpha value is -1.62. The van der Waals surface area contributed by atoms with Crippen LogP contribution in [0.5, 0.6) is 0 Å². The van der Waals surface area contributed by atoms with Crippen LogP contribution in [-0.4, -0.2) is 25.9 Å². The molecule has 0 bridgehead atoms. The topological polar surface area (TPSA) is 47.7 Å². The summed E-state index contributed by atoms with van der Waals surface area (Å²) in [4.78, 5) is 4.25. The Morgan fingerprint density at radius 2 is 2.16 bits per heavy atom. The molecule has 0 fully saturated rings. The third-order valence-corrected chi connectivity index (χ3v) is 3.11. The normalized spacial score (nSPS) is 11.4. The SMILES string of the molecule is Cc1nn(C)cc1Cn1cncc1CNCC(C)C. The van der Waals surface area contributed by atoms with Gasteiger partial charge in [0, 0.05) is 31.5 Å². The molecule has 0 aliphatic rings. The predicted octanol–water partition coefficient (Wildman–Crippen LogP) is 1.72. The van der Waals surface area contributed by atoms with Gasteiger partial charge in [0.15, 0.2) is 0 Å². The molecule has 1 N–H and O–H groups in total. The van der Waals surface area contributed by atoms with E-state index in [0.29, 0.717) is 5.92 Å². The molecule has 2 aromatic heterocycles. The Bertz CT molecular complexity index is 524. The van der Waals surface area contributed by atoms with Gasteiger partial charge in [-0.05, 0) is 19.4 Å². The zero-order chi connectivity index (χ0) is 13.8. The van der Waals surface area contributed by atoms with Crippen molar-refractivity contribution in [3.63, 3.8) is 0 Å². The molecule has 5 heteroatoms. The summed E-state index contributed by atoms with van der Waals surface area (Å²) in [5.41, 5.74) is 3.53. The number of nitrogens with one attached hydrogen (secondary N) is 1. The molecule has 0 saturated heterocycles. The van der Waals surface area contributed by atoms with E-state index in [2.05, 4.69) is 40.0 Å². The summed E-state index contributed by atoms with van der Waals surface area (Å²) in [6.45, 7) is 9.18. The molecular formula is C14H23N5. The first-order valence-electron chi connectivity index (χ1n) is 6.75. The summed E-state index contributed by atoms with van der Waals surface area (Å²) in [6, 6.07) is 0. The van der Waals surface area contributed by atoms with Gasteiger partial charge in [-0.25, -0.2) is 4.98 Å². The molecule has 0 aliphatic heterocycles. The van der Waals surface area contributed by atoms with Crippen LogP contribution in [-0.2, 0) is 20.1 Å². The number of aryl methyl sites for hydroxylation is 2. The lowest BCUT2D eigenvalue weighted by Gasteiger charge is -2.10. The van der Waals surface area contributed by atoms with Crippen molar-refractivity contribution >= 4 is 0 Å². The second-order valence-corrected chi connectivity index (χ2v) is 5.45. The molecule has 2 heterocycles. The minimum absolute atomic E-state index is 0.664. The molecular weight excluding hydrogens is 238 g/mol. The smallest absolute Gasteiger partial charge is 0.0951 e. The monoisotopic (exact) mass is 261 g/mol. The highest BCUT2D eigenvalue weighted by Crippen LogP contribution is 2.09. The number of hydrogen-bond acceptors (Lipinski definition) is 3. The van der Waals surface area contributed by atoms with E-state index in [4.69, 9.17) is 0 Å². The number of nitrogens with zero attached hydrogens (tertiary/aromatic N) is 4. The van der Waals surface area contributed by atoms with Crippen molar-refractivity contribution < 1.29 is 0 Å². The van der Waals surface area contributed by atoms with E-state index in [1.807, 2.05) is 31.2 Å².